The van der Waals surface area contributed by atoms with Gasteiger partial charge >= 0.3 is 0 Å². The smallest absolute Gasteiger partial charge is 0.251 e. The first-order valence-electron chi connectivity index (χ1n) is 6.79. The Morgan fingerprint density at radius 2 is 1.71 bits per heavy atom. The summed E-state index contributed by atoms with van der Waals surface area (Å²) in [5, 5.41) is 5.45. The molecule has 2 N–H and O–H groups in total. The average Bonchev–Trinajstić information content (AvgIpc) is 2.48. The van der Waals surface area contributed by atoms with Gasteiger partial charge in [0.05, 0.1) is 0 Å². The number of anilines is 1. The Bertz CT molecular complexity index is 638. The van der Waals surface area contributed by atoms with Gasteiger partial charge in [-0.15, -0.1) is 0 Å². The highest BCUT2D eigenvalue weighted by Crippen LogP contribution is 2.07. The molecule has 0 aliphatic carbocycles. The molecule has 4 nitrogen and oxygen atoms in total. The first-order chi connectivity index (χ1) is 10.1. The standard InChI is InChI=1S/C17H18N2O2/c1-12-7-6-8-14(11-12)17(21)18-13(2)16(20)19-15-9-4-3-5-10-15/h3-11,13H,1-2H3,(H,18,21)(H,19,20). The van der Waals surface area contributed by atoms with Crippen molar-refractivity contribution < 1.29 is 9.59 Å². The van der Waals surface area contributed by atoms with E-state index in [4.69, 9.17) is 0 Å². The molecule has 1 unspecified atom stereocenters. The molecule has 0 bridgehead atoms. The van der Waals surface area contributed by atoms with Crippen molar-refractivity contribution in [2.45, 2.75) is 19.9 Å². The van der Waals surface area contributed by atoms with Gasteiger partial charge in [0.25, 0.3) is 5.91 Å². The van der Waals surface area contributed by atoms with E-state index in [9.17, 15) is 9.59 Å². The highest BCUT2D eigenvalue weighted by Gasteiger charge is 2.16. The maximum absolute atomic E-state index is 12.1. The Morgan fingerprint density at radius 3 is 2.38 bits per heavy atom. The summed E-state index contributed by atoms with van der Waals surface area (Å²) in [6, 6.07) is 15.8. The van der Waals surface area contributed by atoms with Crippen molar-refractivity contribution in [3.05, 3.63) is 65.7 Å². The molecule has 0 aliphatic heterocycles. The molecular formula is C17H18N2O2. The van der Waals surface area contributed by atoms with E-state index in [1.807, 2.05) is 37.3 Å². The summed E-state index contributed by atoms with van der Waals surface area (Å²) < 4.78 is 0. The van der Waals surface area contributed by atoms with Crippen LogP contribution in [-0.2, 0) is 4.79 Å². The minimum absolute atomic E-state index is 0.248. The molecular weight excluding hydrogens is 264 g/mol. The molecule has 1 atom stereocenters. The van der Waals surface area contributed by atoms with Crippen molar-refractivity contribution >= 4 is 17.5 Å². The molecule has 0 radical (unpaired) electrons. The Balaban J connectivity index is 1.96. The number of carbonyl (C=O) groups excluding carboxylic acids is 2. The van der Waals surface area contributed by atoms with Gasteiger partial charge in [-0.3, -0.25) is 9.59 Å². The van der Waals surface area contributed by atoms with E-state index < -0.39 is 6.04 Å². The first kappa shape index (κ1) is 14.8. The highest BCUT2D eigenvalue weighted by atomic mass is 16.2. The second kappa shape index (κ2) is 6.70. The molecule has 108 valence electrons. The van der Waals surface area contributed by atoms with E-state index in [-0.39, 0.29) is 11.8 Å². The van der Waals surface area contributed by atoms with Crippen molar-refractivity contribution in [3.63, 3.8) is 0 Å². The van der Waals surface area contributed by atoms with Gasteiger partial charge in [-0.1, -0.05) is 35.9 Å². The number of amides is 2. The number of nitrogens with one attached hydrogen (secondary N) is 2. The normalized spacial score (nSPS) is 11.5. The third kappa shape index (κ3) is 4.18. The molecule has 2 aromatic carbocycles. The molecule has 0 saturated heterocycles. The second-order valence-corrected chi connectivity index (χ2v) is 4.92. The summed E-state index contributed by atoms with van der Waals surface area (Å²) in [6.45, 7) is 3.58. The van der Waals surface area contributed by atoms with Crippen LogP contribution in [0.4, 0.5) is 5.69 Å². The summed E-state index contributed by atoms with van der Waals surface area (Å²) in [6.07, 6.45) is 0. The number of aryl methyl sites for hydroxylation is 1. The number of para-hydroxylation sites is 1. The van der Waals surface area contributed by atoms with Gasteiger partial charge in [0.1, 0.15) is 6.04 Å². The lowest BCUT2D eigenvalue weighted by atomic mass is 10.1. The Kier molecular flexibility index (Phi) is 4.72. The molecule has 0 fully saturated rings. The predicted octanol–water partition coefficient (Wildman–Crippen LogP) is 2.75. The zero-order valence-electron chi connectivity index (χ0n) is 12.1. The van der Waals surface area contributed by atoms with Crippen molar-refractivity contribution in [1.82, 2.24) is 5.32 Å². The monoisotopic (exact) mass is 282 g/mol. The van der Waals surface area contributed by atoms with Crippen LogP contribution in [0, 0.1) is 6.92 Å². The first-order valence-corrected chi connectivity index (χ1v) is 6.79. The minimum Gasteiger partial charge on any atom is -0.341 e. The summed E-state index contributed by atoms with van der Waals surface area (Å²) >= 11 is 0. The Hall–Kier alpha value is -2.62. The van der Waals surface area contributed by atoms with Crippen LogP contribution in [0.5, 0.6) is 0 Å². The van der Waals surface area contributed by atoms with Gasteiger partial charge in [-0.05, 0) is 38.1 Å². The van der Waals surface area contributed by atoms with E-state index in [1.165, 1.54) is 0 Å². The van der Waals surface area contributed by atoms with E-state index in [0.717, 1.165) is 5.56 Å². The van der Waals surface area contributed by atoms with Crippen LogP contribution in [0.3, 0.4) is 0 Å². The molecule has 2 rings (SSSR count). The van der Waals surface area contributed by atoms with Gasteiger partial charge in [-0.25, -0.2) is 0 Å². The average molecular weight is 282 g/mol. The van der Waals surface area contributed by atoms with Crippen LogP contribution in [0.2, 0.25) is 0 Å². The van der Waals surface area contributed by atoms with E-state index in [2.05, 4.69) is 10.6 Å². The van der Waals surface area contributed by atoms with Gasteiger partial charge < -0.3 is 10.6 Å². The molecule has 0 aliphatic rings. The van der Waals surface area contributed by atoms with E-state index >= 15 is 0 Å². The molecule has 21 heavy (non-hydrogen) atoms. The number of rotatable bonds is 4. The number of hydrogen-bond acceptors (Lipinski definition) is 2. The molecule has 2 aromatic rings. The van der Waals surface area contributed by atoms with E-state index in [1.54, 1.807) is 31.2 Å². The third-order valence-corrected chi connectivity index (χ3v) is 3.06. The Labute approximate surface area is 124 Å². The number of carbonyl (C=O) groups is 2. The van der Waals surface area contributed by atoms with Crippen LogP contribution >= 0.6 is 0 Å². The van der Waals surface area contributed by atoms with E-state index in [0.29, 0.717) is 11.3 Å². The second-order valence-electron chi connectivity index (χ2n) is 4.92. The van der Waals surface area contributed by atoms with Crippen molar-refractivity contribution in [2.24, 2.45) is 0 Å². The van der Waals surface area contributed by atoms with Crippen LogP contribution in [0.15, 0.2) is 54.6 Å². The van der Waals surface area contributed by atoms with Gasteiger partial charge in [0.2, 0.25) is 5.91 Å². The van der Waals surface area contributed by atoms with Gasteiger partial charge in [-0.2, -0.15) is 0 Å². The van der Waals surface area contributed by atoms with Crippen molar-refractivity contribution in [3.8, 4) is 0 Å². The molecule has 0 saturated carbocycles. The quantitative estimate of drug-likeness (QED) is 0.906. The molecule has 4 heteroatoms. The van der Waals surface area contributed by atoms with Gasteiger partial charge in [0, 0.05) is 11.3 Å². The third-order valence-electron chi connectivity index (χ3n) is 3.06. The fourth-order valence-corrected chi connectivity index (χ4v) is 1.90. The predicted molar refractivity (Wildman–Crippen MR) is 83.2 cm³/mol. The van der Waals surface area contributed by atoms with Crippen LogP contribution < -0.4 is 10.6 Å². The lowest BCUT2D eigenvalue weighted by molar-refractivity contribution is -0.117. The fourth-order valence-electron chi connectivity index (χ4n) is 1.90. The zero-order valence-corrected chi connectivity index (χ0v) is 12.1. The molecule has 2 amide bonds. The SMILES string of the molecule is Cc1cccc(C(=O)NC(C)C(=O)Nc2ccccc2)c1. The molecule has 0 aromatic heterocycles. The minimum atomic E-state index is -0.613. The molecule has 0 heterocycles. The van der Waals surface area contributed by atoms with Crippen molar-refractivity contribution in [2.75, 3.05) is 5.32 Å². The summed E-state index contributed by atoms with van der Waals surface area (Å²) in [5.41, 5.74) is 2.26. The van der Waals surface area contributed by atoms with Crippen LogP contribution in [0.1, 0.15) is 22.8 Å². The van der Waals surface area contributed by atoms with Crippen LogP contribution in [-0.4, -0.2) is 17.9 Å². The number of hydrogen-bond donors (Lipinski definition) is 2. The lowest BCUT2D eigenvalue weighted by Gasteiger charge is -2.14. The summed E-state index contributed by atoms with van der Waals surface area (Å²) in [4.78, 5) is 24.1. The maximum Gasteiger partial charge on any atom is 0.251 e. The topological polar surface area (TPSA) is 58.2 Å². The van der Waals surface area contributed by atoms with Gasteiger partial charge in [0.15, 0.2) is 0 Å². The Morgan fingerprint density at radius 1 is 1.00 bits per heavy atom. The zero-order chi connectivity index (χ0) is 15.2. The van der Waals surface area contributed by atoms with Crippen LogP contribution in [0.25, 0.3) is 0 Å². The lowest BCUT2D eigenvalue weighted by Crippen LogP contribution is -2.41. The summed E-state index contributed by atoms with van der Waals surface area (Å²) in [5.74, 6) is -0.503. The fraction of sp³-hybridized carbons (Fsp3) is 0.176. The largest absolute Gasteiger partial charge is 0.341 e. The van der Waals surface area contributed by atoms with Crippen molar-refractivity contribution in [1.29, 1.82) is 0 Å². The molecule has 0 spiro atoms. The summed E-state index contributed by atoms with van der Waals surface area (Å²) in [7, 11) is 0. The number of benzene rings is 2. The highest BCUT2D eigenvalue weighted by molar-refractivity contribution is 6.01. The maximum atomic E-state index is 12.1.